The largest absolute Gasteiger partial charge is 0.370 e. The SMILES string of the molecule is CN(C)c1nccc(NC(C)(C)CC(N)=O)n1. The van der Waals surface area contributed by atoms with E-state index in [4.69, 9.17) is 5.73 Å². The lowest BCUT2D eigenvalue weighted by atomic mass is 10.0. The Kier molecular flexibility index (Phi) is 3.88. The molecule has 3 N–H and O–H groups in total. The number of nitrogens with two attached hydrogens (primary N) is 1. The Hall–Kier alpha value is -1.85. The molecule has 0 saturated carbocycles. The smallest absolute Gasteiger partial charge is 0.226 e. The summed E-state index contributed by atoms with van der Waals surface area (Å²) in [6, 6.07) is 1.76. The van der Waals surface area contributed by atoms with E-state index in [0.29, 0.717) is 11.8 Å². The van der Waals surface area contributed by atoms with Gasteiger partial charge in [0, 0.05) is 32.3 Å². The fourth-order valence-electron chi connectivity index (χ4n) is 1.46. The lowest BCUT2D eigenvalue weighted by molar-refractivity contribution is -0.118. The highest BCUT2D eigenvalue weighted by Gasteiger charge is 2.20. The summed E-state index contributed by atoms with van der Waals surface area (Å²) in [6.07, 6.45) is 1.92. The number of hydrogen-bond donors (Lipinski definition) is 2. The minimum absolute atomic E-state index is 0.244. The molecular formula is C11H19N5O. The number of nitrogens with one attached hydrogen (secondary N) is 1. The number of carbonyl (C=O) groups excluding carboxylic acids is 1. The zero-order valence-electron chi connectivity index (χ0n) is 10.7. The van der Waals surface area contributed by atoms with Gasteiger partial charge in [-0.15, -0.1) is 0 Å². The van der Waals surface area contributed by atoms with Gasteiger partial charge in [-0.1, -0.05) is 0 Å². The molecule has 0 radical (unpaired) electrons. The zero-order chi connectivity index (χ0) is 13.1. The third-order valence-corrected chi connectivity index (χ3v) is 2.13. The van der Waals surface area contributed by atoms with Crippen molar-refractivity contribution < 1.29 is 4.79 Å². The Morgan fingerprint density at radius 3 is 2.71 bits per heavy atom. The van der Waals surface area contributed by atoms with Crippen molar-refractivity contribution >= 4 is 17.7 Å². The lowest BCUT2D eigenvalue weighted by Crippen LogP contribution is -2.36. The number of aromatic nitrogens is 2. The van der Waals surface area contributed by atoms with Crippen LogP contribution in [0, 0.1) is 0 Å². The van der Waals surface area contributed by atoms with Crippen LogP contribution in [-0.4, -0.2) is 35.5 Å². The summed E-state index contributed by atoms with van der Waals surface area (Å²) in [5.41, 5.74) is 4.76. The summed E-state index contributed by atoms with van der Waals surface area (Å²) in [4.78, 5) is 21.2. The first-order valence-electron chi connectivity index (χ1n) is 5.37. The van der Waals surface area contributed by atoms with E-state index in [-0.39, 0.29) is 12.3 Å². The molecule has 0 fully saturated rings. The molecule has 6 heteroatoms. The topological polar surface area (TPSA) is 84.1 Å². The van der Waals surface area contributed by atoms with Crippen molar-refractivity contribution in [1.29, 1.82) is 0 Å². The molecule has 1 amide bonds. The molecule has 0 aliphatic carbocycles. The van der Waals surface area contributed by atoms with Gasteiger partial charge >= 0.3 is 0 Å². The fraction of sp³-hybridized carbons (Fsp3) is 0.545. The second kappa shape index (κ2) is 4.99. The molecule has 0 spiro atoms. The third kappa shape index (κ3) is 4.26. The highest BCUT2D eigenvalue weighted by atomic mass is 16.1. The van der Waals surface area contributed by atoms with Crippen LogP contribution in [0.4, 0.5) is 11.8 Å². The van der Waals surface area contributed by atoms with Crippen LogP contribution in [0.3, 0.4) is 0 Å². The quantitative estimate of drug-likeness (QED) is 0.783. The van der Waals surface area contributed by atoms with Crippen molar-refractivity contribution in [2.45, 2.75) is 25.8 Å². The highest BCUT2D eigenvalue weighted by Crippen LogP contribution is 2.17. The average Bonchev–Trinajstić information content (AvgIpc) is 2.14. The first-order chi connectivity index (χ1) is 7.80. The maximum absolute atomic E-state index is 10.9. The maximum atomic E-state index is 10.9. The van der Waals surface area contributed by atoms with Gasteiger partial charge in [-0.25, -0.2) is 4.98 Å². The van der Waals surface area contributed by atoms with Crippen molar-refractivity contribution in [1.82, 2.24) is 9.97 Å². The number of carbonyl (C=O) groups is 1. The van der Waals surface area contributed by atoms with Gasteiger partial charge in [-0.2, -0.15) is 4.98 Å². The van der Waals surface area contributed by atoms with E-state index in [1.807, 2.05) is 32.8 Å². The van der Waals surface area contributed by atoms with Gasteiger partial charge in [0.25, 0.3) is 0 Å². The average molecular weight is 237 g/mol. The summed E-state index contributed by atoms with van der Waals surface area (Å²) >= 11 is 0. The Bertz CT molecular complexity index is 403. The molecule has 17 heavy (non-hydrogen) atoms. The first kappa shape index (κ1) is 13.2. The van der Waals surface area contributed by atoms with E-state index >= 15 is 0 Å². The predicted octanol–water partition coefficient (Wildman–Crippen LogP) is 0.608. The summed E-state index contributed by atoms with van der Waals surface area (Å²) in [6.45, 7) is 3.80. The standard InChI is InChI=1S/C11H19N5O/c1-11(2,7-8(12)17)15-9-5-6-13-10(14-9)16(3)4/h5-6H,7H2,1-4H3,(H2,12,17)(H,13,14,15). The summed E-state index contributed by atoms with van der Waals surface area (Å²) in [5.74, 6) is 0.948. The van der Waals surface area contributed by atoms with E-state index < -0.39 is 5.54 Å². The Balaban J connectivity index is 2.80. The molecule has 1 rings (SSSR count). The van der Waals surface area contributed by atoms with E-state index in [9.17, 15) is 4.79 Å². The molecule has 1 aromatic rings. The molecule has 94 valence electrons. The van der Waals surface area contributed by atoms with Crippen molar-refractivity contribution in [2.75, 3.05) is 24.3 Å². The van der Waals surface area contributed by atoms with Crippen LogP contribution in [0.1, 0.15) is 20.3 Å². The van der Waals surface area contributed by atoms with Gasteiger partial charge in [0.05, 0.1) is 0 Å². The monoisotopic (exact) mass is 237 g/mol. The number of rotatable bonds is 5. The number of nitrogens with zero attached hydrogens (tertiary/aromatic N) is 3. The summed E-state index contributed by atoms with van der Waals surface area (Å²) in [7, 11) is 3.74. The van der Waals surface area contributed by atoms with Crippen LogP contribution in [0.15, 0.2) is 12.3 Å². The van der Waals surface area contributed by atoms with Crippen LogP contribution < -0.4 is 16.0 Å². The second-order valence-electron chi connectivity index (χ2n) is 4.79. The molecule has 0 saturated heterocycles. The van der Waals surface area contributed by atoms with Crippen molar-refractivity contribution in [3.05, 3.63) is 12.3 Å². The van der Waals surface area contributed by atoms with Gasteiger partial charge in [-0.3, -0.25) is 4.79 Å². The summed E-state index contributed by atoms with van der Waals surface area (Å²) < 4.78 is 0. The summed E-state index contributed by atoms with van der Waals surface area (Å²) in [5, 5.41) is 3.17. The van der Waals surface area contributed by atoms with Gasteiger partial charge in [0.2, 0.25) is 11.9 Å². The molecular weight excluding hydrogens is 218 g/mol. The first-order valence-corrected chi connectivity index (χ1v) is 5.37. The molecule has 1 aromatic heterocycles. The van der Waals surface area contributed by atoms with Crippen molar-refractivity contribution in [3.8, 4) is 0 Å². The molecule has 0 unspecified atom stereocenters. The molecule has 0 bridgehead atoms. The number of hydrogen-bond acceptors (Lipinski definition) is 5. The number of amides is 1. The van der Waals surface area contributed by atoms with Crippen LogP contribution in [0.5, 0.6) is 0 Å². The third-order valence-electron chi connectivity index (χ3n) is 2.13. The van der Waals surface area contributed by atoms with Crippen molar-refractivity contribution in [2.24, 2.45) is 5.73 Å². The van der Waals surface area contributed by atoms with Gasteiger partial charge in [0.15, 0.2) is 0 Å². The number of primary amides is 1. The molecule has 0 aromatic carbocycles. The van der Waals surface area contributed by atoms with E-state index in [1.165, 1.54) is 0 Å². The Labute approximate surface area is 101 Å². The molecule has 0 atom stereocenters. The molecule has 0 aliphatic heterocycles. The van der Waals surface area contributed by atoms with Gasteiger partial charge in [-0.05, 0) is 19.9 Å². The van der Waals surface area contributed by atoms with Crippen LogP contribution in [0.25, 0.3) is 0 Å². The minimum atomic E-state index is -0.427. The number of anilines is 2. The molecule has 1 heterocycles. The Morgan fingerprint density at radius 2 is 2.18 bits per heavy atom. The normalized spacial score (nSPS) is 11.1. The minimum Gasteiger partial charge on any atom is -0.370 e. The van der Waals surface area contributed by atoms with E-state index in [2.05, 4.69) is 15.3 Å². The second-order valence-corrected chi connectivity index (χ2v) is 4.79. The zero-order valence-corrected chi connectivity index (χ0v) is 10.7. The van der Waals surface area contributed by atoms with Gasteiger partial charge < -0.3 is 16.0 Å². The van der Waals surface area contributed by atoms with Crippen LogP contribution in [-0.2, 0) is 4.79 Å². The fourth-order valence-corrected chi connectivity index (χ4v) is 1.46. The highest BCUT2D eigenvalue weighted by molar-refractivity contribution is 5.75. The predicted molar refractivity (Wildman–Crippen MR) is 67.9 cm³/mol. The molecule has 0 aliphatic rings. The van der Waals surface area contributed by atoms with E-state index in [1.54, 1.807) is 12.3 Å². The maximum Gasteiger partial charge on any atom is 0.226 e. The van der Waals surface area contributed by atoms with Crippen LogP contribution >= 0.6 is 0 Å². The van der Waals surface area contributed by atoms with E-state index in [0.717, 1.165) is 0 Å². The lowest BCUT2D eigenvalue weighted by Gasteiger charge is -2.25. The Morgan fingerprint density at radius 1 is 1.53 bits per heavy atom. The van der Waals surface area contributed by atoms with Crippen molar-refractivity contribution in [3.63, 3.8) is 0 Å². The van der Waals surface area contributed by atoms with Crippen LogP contribution in [0.2, 0.25) is 0 Å². The molecule has 6 nitrogen and oxygen atoms in total. The van der Waals surface area contributed by atoms with Gasteiger partial charge in [0.1, 0.15) is 5.82 Å².